The Balaban J connectivity index is 1.17. The molecular formula is C44H30N2O. The minimum Gasteiger partial charge on any atom is -0.435 e. The number of fused-ring (bicyclic) bond motifs is 7. The van der Waals surface area contributed by atoms with Crippen molar-refractivity contribution in [3.8, 4) is 45.2 Å². The van der Waals surface area contributed by atoms with Crippen LogP contribution in [0, 0.1) is 0 Å². The molecule has 0 unspecified atom stereocenters. The maximum atomic E-state index is 6.64. The van der Waals surface area contributed by atoms with Crippen LogP contribution in [-0.2, 0) is 5.41 Å². The van der Waals surface area contributed by atoms with Gasteiger partial charge >= 0.3 is 0 Å². The molecule has 1 aromatic heterocycles. The summed E-state index contributed by atoms with van der Waals surface area (Å²) in [4.78, 5) is 7.58. The Bertz CT molecular complexity index is 2550. The summed E-state index contributed by atoms with van der Waals surface area (Å²) in [6, 6.07) is 52.3. The summed E-state index contributed by atoms with van der Waals surface area (Å²) in [6.45, 7) is 4.68. The molecule has 0 amide bonds. The zero-order chi connectivity index (χ0) is 31.3. The van der Waals surface area contributed by atoms with Crippen molar-refractivity contribution in [1.29, 1.82) is 0 Å². The molecule has 0 atom stereocenters. The van der Waals surface area contributed by atoms with Crippen LogP contribution in [0.1, 0.15) is 25.0 Å². The first kappa shape index (κ1) is 26.3. The molecular weight excluding hydrogens is 572 g/mol. The third kappa shape index (κ3) is 3.71. The highest BCUT2D eigenvalue weighted by Gasteiger charge is 2.36. The largest absolute Gasteiger partial charge is 0.435 e. The number of para-hydroxylation sites is 1. The van der Waals surface area contributed by atoms with Crippen LogP contribution >= 0.6 is 0 Å². The summed E-state index contributed by atoms with van der Waals surface area (Å²) >= 11 is 0. The molecule has 0 aliphatic heterocycles. The molecule has 0 N–H and O–H groups in total. The SMILES string of the molecule is CC1(C)c2ccccc2-c2ccc(N(c3ccccc3)c3cc4c5c(cccc5c3)-c3oc(-c5cccc6ccccc56)nc3-4)cc21. The van der Waals surface area contributed by atoms with Gasteiger partial charge in [-0.15, -0.1) is 0 Å². The normalized spacial score (nSPS) is 13.5. The van der Waals surface area contributed by atoms with Gasteiger partial charge in [0.1, 0.15) is 5.69 Å². The smallest absolute Gasteiger partial charge is 0.227 e. The Kier molecular flexibility index (Phi) is 5.34. The highest BCUT2D eigenvalue weighted by atomic mass is 16.4. The van der Waals surface area contributed by atoms with Crippen molar-refractivity contribution in [2.45, 2.75) is 19.3 Å². The van der Waals surface area contributed by atoms with E-state index in [1.807, 2.05) is 0 Å². The van der Waals surface area contributed by atoms with Crippen molar-refractivity contribution in [1.82, 2.24) is 4.98 Å². The lowest BCUT2D eigenvalue weighted by Gasteiger charge is -2.28. The summed E-state index contributed by atoms with van der Waals surface area (Å²) < 4.78 is 6.64. The lowest BCUT2D eigenvalue weighted by Crippen LogP contribution is -2.16. The summed E-state index contributed by atoms with van der Waals surface area (Å²) in [5.74, 6) is 1.49. The molecule has 7 aromatic carbocycles. The first-order valence-electron chi connectivity index (χ1n) is 16.2. The fraction of sp³-hybridized carbons (Fsp3) is 0.0682. The zero-order valence-corrected chi connectivity index (χ0v) is 26.2. The van der Waals surface area contributed by atoms with Crippen LogP contribution in [0.25, 0.3) is 66.7 Å². The van der Waals surface area contributed by atoms with Crippen LogP contribution in [0.5, 0.6) is 0 Å². The van der Waals surface area contributed by atoms with Crippen LogP contribution in [-0.4, -0.2) is 4.98 Å². The summed E-state index contributed by atoms with van der Waals surface area (Å²) in [5, 5.41) is 4.68. The lowest BCUT2D eigenvalue weighted by atomic mass is 9.82. The van der Waals surface area contributed by atoms with Gasteiger partial charge in [0, 0.05) is 44.6 Å². The molecule has 222 valence electrons. The van der Waals surface area contributed by atoms with Crippen LogP contribution in [0.4, 0.5) is 17.1 Å². The maximum Gasteiger partial charge on any atom is 0.227 e. The number of hydrogen-bond acceptors (Lipinski definition) is 3. The van der Waals surface area contributed by atoms with Crippen molar-refractivity contribution in [3.05, 3.63) is 157 Å². The van der Waals surface area contributed by atoms with Crippen LogP contribution in [0.2, 0.25) is 0 Å². The van der Waals surface area contributed by atoms with Gasteiger partial charge < -0.3 is 9.32 Å². The van der Waals surface area contributed by atoms with Crippen LogP contribution in [0.15, 0.2) is 150 Å². The first-order chi connectivity index (χ1) is 23.1. The second kappa shape index (κ2) is 9.54. The average Bonchev–Trinajstić information content (AvgIpc) is 3.74. The molecule has 0 saturated heterocycles. The third-order valence-electron chi connectivity index (χ3n) is 10.2. The Hall–Kier alpha value is -5.93. The van der Waals surface area contributed by atoms with E-state index >= 15 is 0 Å². The van der Waals surface area contributed by atoms with E-state index in [9.17, 15) is 0 Å². The molecule has 2 aliphatic rings. The van der Waals surface area contributed by atoms with Crippen molar-refractivity contribution in [2.75, 3.05) is 4.90 Å². The highest BCUT2D eigenvalue weighted by molar-refractivity contribution is 6.15. The molecule has 0 bridgehead atoms. The van der Waals surface area contributed by atoms with E-state index in [1.54, 1.807) is 0 Å². The highest BCUT2D eigenvalue weighted by Crippen LogP contribution is 2.53. The number of nitrogens with zero attached hydrogens (tertiary/aromatic N) is 2. The van der Waals surface area contributed by atoms with E-state index in [-0.39, 0.29) is 5.41 Å². The Morgan fingerprint density at radius 1 is 0.511 bits per heavy atom. The number of hydrogen-bond donors (Lipinski definition) is 0. The predicted molar refractivity (Wildman–Crippen MR) is 194 cm³/mol. The van der Waals surface area contributed by atoms with Gasteiger partial charge in [0.2, 0.25) is 5.89 Å². The molecule has 3 heteroatoms. The molecule has 2 aliphatic carbocycles. The monoisotopic (exact) mass is 602 g/mol. The van der Waals surface area contributed by atoms with E-state index in [4.69, 9.17) is 9.40 Å². The maximum absolute atomic E-state index is 6.64. The van der Waals surface area contributed by atoms with E-state index in [1.165, 1.54) is 38.4 Å². The van der Waals surface area contributed by atoms with Gasteiger partial charge in [-0.05, 0) is 80.9 Å². The quantitative estimate of drug-likeness (QED) is 0.201. The van der Waals surface area contributed by atoms with Crippen molar-refractivity contribution < 1.29 is 4.42 Å². The summed E-state index contributed by atoms with van der Waals surface area (Å²) in [7, 11) is 0. The molecule has 0 radical (unpaired) electrons. The van der Waals surface area contributed by atoms with Gasteiger partial charge in [-0.1, -0.05) is 117 Å². The predicted octanol–water partition coefficient (Wildman–Crippen LogP) is 12.1. The van der Waals surface area contributed by atoms with Crippen LogP contribution in [0.3, 0.4) is 0 Å². The standard InChI is InChI=1S/C44H30N2O/c1-44(2)38-21-9-8-18-33(38)34-23-22-30(26-39(34)44)46(29-15-4-3-5-16-29)31-24-28-14-11-20-36-40(28)37(25-31)41-42(36)47-43(45-41)35-19-10-13-27-12-6-7-17-32(27)35/h3-26H,1-2H3. The Labute approximate surface area is 273 Å². The molecule has 0 saturated carbocycles. The van der Waals surface area contributed by atoms with Gasteiger partial charge in [0.05, 0.1) is 0 Å². The van der Waals surface area contributed by atoms with E-state index in [0.29, 0.717) is 5.89 Å². The van der Waals surface area contributed by atoms with Gasteiger partial charge in [0.15, 0.2) is 5.76 Å². The number of rotatable bonds is 4. The fourth-order valence-corrected chi connectivity index (χ4v) is 7.99. The summed E-state index contributed by atoms with van der Waals surface area (Å²) in [6.07, 6.45) is 0. The zero-order valence-electron chi connectivity index (χ0n) is 26.2. The minimum absolute atomic E-state index is 0.0930. The number of oxazole rings is 1. The fourth-order valence-electron chi connectivity index (χ4n) is 7.99. The third-order valence-corrected chi connectivity index (χ3v) is 10.2. The van der Waals surface area contributed by atoms with Crippen molar-refractivity contribution in [3.63, 3.8) is 0 Å². The van der Waals surface area contributed by atoms with Crippen molar-refractivity contribution in [2.24, 2.45) is 0 Å². The van der Waals surface area contributed by atoms with Crippen LogP contribution < -0.4 is 4.90 Å². The van der Waals surface area contributed by atoms with Crippen molar-refractivity contribution >= 4 is 38.6 Å². The van der Waals surface area contributed by atoms with E-state index in [2.05, 4.69) is 164 Å². The Morgan fingerprint density at radius 3 is 2.11 bits per heavy atom. The Morgan fingerprint density at radius 2 is 1.21 bits per heavy atom. The van der Waals surface area contributed by atoms with E-state index < -0.39 is 0 Å². The first-order valence-corrected chi connectivity index (χ1v) is 16.2. The molecule has 0 fully saturated rings. The second-order valence-corrected chi connectivity index (χ2v) is 13.2. The number of benzene rings is 7. The molecule has 8 aromatic rings. The second-order valence-electron chi connectivity index (χ2n) is 13.2. The van der Waals surface area contributed by atoms with Gasteiger partial charge in [-0.3, -0.25) is 0 Å². The average molecular weight is 603 g/mol. The molecule has 0 spiro atoms. The lowest BCUT2D eigenvalue weighted by molar-refractivity contribution is 0.591. The molecule has 3 nitrogen and oxygen atoms in total. The van der Waals surface area contributed by atoms with Gasteiger partial charge in [0.25, 0.3) is 0 Å². The minimum atomic E-state index is -0.0930. The van der Waals surface area contributed by atoms with Gasteiger partial charge in [-0.2, -0.15) is 0 Å². The molecule has 1 heterocycles. The molecule has 10 rings (SSSR count). The number of aromatic nitrogens is 1. The number of anilines is 3. The topological polar surface area (TPSA) is 29.3 Å². The molecule has 47 heavy (non-hydrogen) atoms. The summed E-state index contributed by atoms with van der Waals surface area (Å²) in [5.41, 5.74) is 12.7. The van der Waals surface area contributed by atoms with Gasteiger partial charge in [-0.25, -0.2) is 4.98 Å². The van der Waals surface area contributed by atoms with E-state index in [0.717, 1.165) is 50.6 Å².